The first kappa shape index (κ1) is 19.2. The monoisotopic (exact) mass is 373 g/mol. The number of nitrogens with one attached hydrogen (secondary N) is 1. The fourth-order valence-corrected chi connectivity index (χ4v) is 4.04. The predicted molar refractivity (Wildman–Crippen MR) is 95.1 cm³/mol. The lowest BCUT2D eigenvalue weighted by atomic mass is 9.99. The van der Waals surface area contributed by atoms with Crippen molar-refractivity contribution in [2.45, 2.75) is 19.3 Å². The van der Waals surface area contributed by atoms with Gasteiger partial charge in [0.25, 0.3) is 10.2 Å². The second-order valence-electron chi connectivity index (χ2n) is 6.15. The molecule has 0 aromatic heterocycles. The first-order valence-corrected chi connectivity index (χ1v) is 9.78. The standard InChI is InChI=1S/C16H24ClN3O3S/c1-19(2)24(22,23)20-11-3-4-14(12-20)16(21)18-10-9-13-5-7-15(17)8-6-13/h5-8,14H,3-4,9-12H2,1-2H3,(H,18,21)/t14-/m0/s1. The van der Waals surface area contributed by atoms with Crippen molar-refractivity contribution in [3.05, 3.63) is 34.9 Å². The summed E-state index contributed by atoms with van der Waals surface area (Å²) in [5.41, 5.74) is 1.10. The van der Waals surface area contributed by atoms with E-state index < -0.39 is 10.2 Å². The number of nitrogens with zero attached hydrogens (tertiary/aromatic N) is 2. The maximum absolute atomic E-state index is 12.3. The third kappa shape index (κ3) is 4.92. The summed E-state index contributed by atoms with van der Waals surface area (Å²) in [5.74, 6) is -0.374. The van der Waals surface area contributed by atoms with Gasteiger partial charge in [-0.1, -0.05) is 23.7 Å². The smallest absolute Gasteiger partial charge is 0.281 e. The molecule has 0 spiro atoms. The topological polar surface area (TPSA) is 69.7 Å². The number of benzene rings is 1. The summed E-state index contributed by atoms with van der Waals surface area (Å²) >= 11 is 5.84. The molecule has 1 aromatic rings. The number of halogens is 1. The van der Waals surface area contributed by atoms with Crippen LogP contribution in [0.5, 0.6) is 0 Å². The highest BCUT2D eigenvalue weighted by molar-refractivity contribution is 7.86. The third-order valence-corrected chi connectivity index (χ3v) is 6.33. The van der Waals surface area contributed by atoms with Crippen molar-refractivity contribution in [3.8, 4) is 0 Å². The van der Waals surface area contributed by atoms with Gasteiger partial charge in [-0.2, -0.15) is 17.0 Å². The summed E-state index contributed by atoms with van der Waals surface area (Å²) in [6, 6.07) is 7.51. The molecule has 0 radical (unpaired) electrons. The molecule has 1 aliphatic heterocycles. The van der Waals surface area contributed by atoms with E-state index in [4.69, 9.17) is 11.6 Å². The molecule has 0 unspecified atom stereocenters. The number of rotatable bonds is 6. The van der Waals surface area contributed by atoms with Crippen LogP contribution < -0.4 is 5.32 Å². The largest absolute Gasteiger partial charge is 0.355 e. The van der Waals surface area contributed by atoms with Gasteiger partial charge in [-0.05, 0) is 37.0 Å². The van der Waals surface area contributed by atoms with Crippen molar-refractivity contribution in [3.63, 3.8) is 0 Å². The van der Waals surface area contributed by atoms with Gasteiger partial charge in [-0.3, -0.25) is 4.79 Å². The molecule has 1 fully saturated rings. The minimum Gasteiger partial charge on any atom is -0.355 e. The van der Waals surface area contributed by atoms with Gasteiger partial charge < -0.3 is 5.32 Å². The van der Waals surface area contributed by atoms with Gasteiger partial charge in [0, 0.05) is 38.8 Å². The lowest BCUT2D eigenvalue weighted by Gasteiger charge is -2.32. The Hall–Kier alpha value is -1.15. The highest BCUT2D eigenvalue weighted by Crippen LogP contribution is 2.20. The Morgan fingerprint density at radius 3 is 2.62 bits per heavy atom. The van der Waals surface area contributed by atoms with Gasteiger partial charge >= 0.3 is 0 Å². The maximum atomic E-state index is 12.3. The third-order valence-electron chi connectivity index (χ3n) is 4.17. The zero-order chi connectivity index (χ0) is 17.7. The van der Waals surface area contributed by atoms with Crippen LogP contribution in [0.3, 0.4) is 0 Å². The average molecular weight is 374 g/mol. The summed E-state index contributed by atoms with van der Waals surface area (Å²) in [5, 5.41) is 3.60. The Morgan fingerprint density at radius 2 is 2.00 bits per heavy atom. The molecule has 1 N–H and O–H groups in total. The van der Waals surface area contributed by atoms with E-state index in [2.05, 4.69) is 5.32 Å². The molecule has 1 aromatic carbocycles. The van der Waals surface area contributed by atoms with Crippen molar-refractivity contribution >= 4 is 27.7 Å². The van der Waals surface area contributed by atoms with Gasteiger partial charge in [0.2, 0.25) is 5.91 Å². The highest BCUT2D eigenvalue weighted by atomic mass is 35.5. The van der Waals surface area contributed by atoms with Gasteiger partial charge in [-0.15, -0.1) is 0 Å². The van der Waals surface area contributed by atoms with E-state index in [1.807, 2.05) is 24.3 Å². The molecule has 24 heavy (non-hydrogen) atoms. The Bertz CT molecular complexity index is 662. The second kappa shape index (κ2) is 8.29. The van der Waals surface area contributed by atoms with Crippen molar-refractivity contribution in [2.75, 3.05) is 33.7 Å². The van der Waals surface area contributed by atoms with Gasteiger partial charge in [0.15, 0.2) is 0 Å². The molecule has 1 atom stereocenters. The lowest BCUT2D eigenvalue weighted by molar-refractivity contribution is -0.126. The number of piperidine rings is 1. The Kier molecular flexibility index (Phi) is 6.62. The minimum atomic E-state index is -3.46. The first-order valence-electron chi connectivity index (χ1n) is 8.00. The molecule has 0 aliphatic carbocycles. The number of amides is 1. The predicted octanol–water partition coefficient (Wildman–Crippen LogP) is 1.52. The zero-order valence-electron chi connectivity index (χ0n) is 14.0. The van der Waals surface area contributed by atoms with E-state index in [0.29, 0.717) is 31.0 Å². The van der Waals surface area contributed by atoms with E-state index in [-0.39, 0.29) is 18.4 Å². The molecular formula is C16H24ClN3O3S. The maximum Gasteiger partial charge on any atom is 0.281 e. The van der Waals surface area contributed by atoms with Crippen LogP contribution in [0.25, 0.3) is 0 Å². The quantitative estimate of drug-likeness (QED) is 0.821. The van der Waals surface area contributed by atoms with Crippen LogP contribution in [0.15, 0.2) is 24.3 Å². The van der Waals surface area contributed by atoms with Crippen molar-refractivity contribution < 1.29 is 13.2 Å². The minimum absolute atomic E-state index is 0.0809. The lowest BCUT2D eigenvalue weighted by Crippen LogP contribution is -2.49. The highest BCUT2D eigenvalue weighted by Gasteiger charge is 2.33. The molecule has 1 saturated heterocycles. The van der Waals surface area contributed by atoms with Crippen molar-refractivity contribution in [1.82, 2.24) is 13.9 Å². The molecule has 0 bridgehead atoms. The Balaban J connectivity index is 1.84. The second-order valence-corrected chi connectivity index (χ2v) is 8.73. The molecule has 1 aliphatic rings. The summed E-state index contributed by atoms with van der Waals surface area (Å²) in [7, 11) is -0.450. The summed E-state index contributed by atoms with van der Waals surface area (Å²) in [6.07, 6.45) is 2.13. The fourth-order valence-electron chi connectivity index (χ4n) is 2.72. The van der Waals surface area contributed by atoms with E-state index in [1.54, 1.807) is 0 Å². The SMILES string of the molecule is CN(C)S(=O)(=O)N1CCC[C@H](C(=O)NCCc2ccc(Cl)cc2)C1. The van der Waals surface area contributed by atoms with Crippen LogP contribution in [0.2, 0.25) is 5.02 Å². The van der Waals surface area contributed by atoms with Gasteiger partial charge in [0.05, 0.1) is 5.92 Å². The van der Waals surface area contributed by atoms with Crippen LogP contribution in [0.1, 0.15) is 18.4 Å². The van der Waals surface area contributed by atoms with Crippen molar-refractivity contribution in [2.24, 2.45) is 5.92 Å². The van der Waals surface area contributed by atoms with Crippen LogP contribution >= 0.6 is 11.6 Å². The summed E-state index contributed by atoms with van der Waals surface area (Å²) in [6.45, 7) is 1.24. The Labute approximate surface area is 149 Å². The number of carbonyl (C=O) groups excluding carboxylic acids is 1. The summed E-state index contributed by atoms with van der Waals surface area (Å²) in [4.78, 5) is 12.3. The molecule has 134 valence electrons. The first-order chi connectivity index (χ1) is 11.3. The van der Waals surface area contributed by atoms with E-state index in [0.717, 1.165) is 12.0 Å². The average Bonchev–Trinajstić information content (AvgIpc) is 2.56. The summed E-state index contributed by atoms with van der Waals surface area (Å²) < 4.78 is 27.0. The molecule has 0 saturated carbocycles. The number of hydrogen-bond acceptors (Lipinski definition) is 3. The molecule has 2 rings (SSSR count). The molecule has 1 heterocycles. The van der Waals surface area contributed by atoms with Crippen LogP contribution in [0, 0.1) is 5.92 Å². The number of hydrogen-bond donors (Lipinski definition) is 1. The van der Waals surface area contributed by atoms with Crippen LogP contribution in [0.4, 0.5) is 0 Å². The van der Waals surface area contributed by atoms with E-state index in [9.17, 15) is 13.2 Å². The zero-order valence-corrected chi connectivity index (χ0v) is 15.6. The van der Waals surface area contributed by atoms with E-state index >= 15 is 0 Å². The fraction of sp³-hybridized carbons (Fsp3) is 0.562. The number of carbonyl (C=O) groups is 1. The van der Waals surface area contributed by atoms with Gasteiger partial charge in [0.1, 0.15) is 0 Å². The molecule has 6 nitrogen and oxygen atoms in total. The van der Waals surface area contributed by atoms with E-state index in [1.165, 1.54) is 22.7 Å². The van der Waals surface area contributed by atoms with Gasteiger partial charge in [-0.25, -0.2) is 0 Å². The van der Waals surface area contributed by atoms with Crippen molar-refractivity contribution in [1.29, 1.82) is 0 Å². The normalized spacial score (nSPS) is 19.4. The molecule has 1 amide bonds. The Morgan fingerprint density at radius 1 is 1.33 bits per heavy atom. The van der Waals surface area contributed by atoms with Crippen LogP contribution in [-0.2, 0) is 21.4 Å². The molecular weight excluding hydrogens is 350 g/mol. The van der Waals surface area contributed by atoms with Crippen LogP contribution in [-0.4, -0.2) is 56.7 Å². The molecule has 8 heteroatoms.